The van der Waals surface area contributed by atoms with Gasteiger partial charge in [0.15, 0.2) is 5.82 Å². The maximum Gasteiger partial charge on any atom is 0.320 e. The minimum Gasteiger partial charge on any atom is -0.368 e. The third kappa shape index (κ3) is 3.92. The number of thiophene rings is 1. The standard InChI is InChI=1S/C16H18N6O3S/c23-16(17-9-13-19-15(25-21-13)12-4-1-7-24-12)20-14-5-6-18-22(14)10-11-3-2-8-26-11/h2-3,5-6,8,12H,1,4,7,9-10H2,(H2,17,20,23)/t12-/m1/s1. The molecule has 4 heterocycles. The van der Waals surface area contributed by atoms with Gasteiger partial charge >= 0.3 is 6.03 Å². The highest BCUT2D eigenvalue weighted by Crippen LogP contribution is 2.26. The van der Waals surface area contributed by atoms with Crippen molar-refractivity contribution in [2.45, 2.75) is 32.0 Å². The summed E-state index contributed by atoms with van der Waals surface area (Å²) < 4.78 is 12.4. The van der Waals surface area contributed by atoms with E-state index in [1.807, 2.05) is 17.5 Å². The van der Waals surface area contributed by atoms with Gasteiger partial charge in [-0.25, -0.2) is 9.48 Å². The van der Waals surface area contributed by atoms with E-state index in [0.29, 0.717) is 30.7 Å². The van der Waals surface area contributed by atoms with Crippen LogP contribution in [0.2, 0.25) is 0 Å². The molecule has 1 aliphatic heterocycles. The number of urea groups is 1. The van der Waals surface area contributed by atoms with Crippen LogP contribution in [-0.4, -0.2) is 32.6 Å². The molecule has 0 aliphatic carbocycles. The van der Waals surface area contributed by atoms with Gasteiger partial charge in [0.1, 0.15) is 11.9 Å². The van der Waals surface area contributed by atoms with E-state index in [9.17, 15) is 4.79 Å². The third-order valence-corrected chi connectivity index (χ3v) is 4.80. The van der Waals surface area contributed by atoms with Gasteiger partial charge in [0.25, 0.3) is 5.89 Å². The lowest BCUT2D eigenvalue weighted by Crippen LogP contribution is -2.29. The highest BCUT2D eigenvalue weighted by molar-refractivity contribution is 7.09. The lowest BCUT2D eigenvalue weighted by atomic mass is 10.2. The molecular weight excluding hydrogens is 356 g/mol. The molecule has 0 aromatic carbocycles. The first-order chi connectivity index (χ1) is 12.8. The van der Waals surface area contributed by atoms with Crippen LogP contribution >= 0.6 is 11.3 Å². The van der Waals surface area contributed by atoms with E-state index in [-0.39, 0.29) is 18.7 Å². The van der Waals surface area contributed by atoms with Crippen LogP contribution in [0, 0.1) is 0 Å². The van der Waals surface area contributed by atoms with Crippen LogP contribution in [-0.2, 0) is 17.8 Å². The number of amides is 2. The van der Waals surface area contributed by atoms with Crippen molar-refractivity contribution < 1.29 is 14.1 Å². The highest BCUT2D eigenvalue weighted by Gasteiger charge is 2.23. The highest BCUT2D eigenvalue weighted by atomic mass is 32.1. The summed E-state index contributed by atoms with van der Waals surface area (Å²) in [4.78, 5) is 17.6. The van der Waals surface area contributed by atoms with Crippen LogP contribution in [0.15, 0.2) is 34.3 Å². The largest absolute Gasteiger partial charge is 0.368 e. The molecule has 1 fully saturated rings. The second kappa shape index (κ2) is 7.67. The predicted molar refractivity (Wildman–Crippen MR) is 93.7 cm³/mol. The molecule has 0 unspecified atom stereocenters. The number of anilines is 1. The lowest BCUT2D eigenvalue weighted by molar-refractivity contribution is 0.0835. The molecule has 2 N–H and O–H groups in total. The molecule has 0 saturated carbocycles. The van der Waals surface area contributed by atoms with E-state index in [1.54, 1.807) is 28.3 Å². The number of nitrogens with zero attached hydrogens (tertiary/aromatic N) is 4. The molecule has 0 spiro atoms. The van der Waals surface area contributed by atoms with Crippen molar-refractivity contribution in [2.24, 2.45) is 0 Å². The summed E-state index contributed by atoms with van der Waals surface area (Å²) >= 11 is 1.64. The summed E-state index contributed by atoms with van der Waals surface area (Å²) in [5.41, 5.74) is 0. The van der Waals surface area contributed by atoms with E-state index < -0.39 is 0 Å². The number of aromatic nitrogens is 4. The average Bonchev–Trinajstić information content (AvgIpc) is 3.42. The Morgan fingerprint density at radius 2 is 2.38 bits per heavy atom. The molecule has 10 heteroatoms. The minimum absolute atomic E-state index is 0.128. The van der Waals surface area contributed by atoms with Crippen LogP contribution in [0.5, 0.6) is 0 Å². The molecule has 26 heavy (non-hydrogen) atoms. The number of carbonyl (C=O) groups excluding carboxylic acids is 1. The van der Waals surface area contributed by atoms with Crippen molar-refractivity contribution in [3.8, 4) is 0 Å². The maximum atomic E-state index is 12.1. The maximum absolute atomic E-state index is 12.1. The molecule has 1 atom stereocenters. The van der Waals surface area contributed by atoms with E-state index in [2.05, 4.69) is 25.9 Å². The van der Waals surface area contributed by atoms with Crippen molar-refractivity contribution in [3.05, 3.63) is 46.4 Å². The zero-order valence-corrected chi connectivity index (χ0v) is 14.7. The topological polar surface area (TPSA) is 107 Å². The third-order valence-electron chi connectivity index (χ3n) is 3.94. The van der Waals surface area contributed by atoms with Gasteiger partial charge in [-0.05, 0) is 24.3 Å². The number of carbonyl (C=O) groups is 1. The first-order valence-electron chi connectivity index (χ1n) is 8.31. The summed E-state index contributed by atoms with van der Waals surface area (Å²) in [7, 11) is 0. The Balaban J connectivity index is 1.30. The van der Waals surface area contributed by atoms with Gasteiger partial charge in [-0.15, -0.1) is 11.3 Å². The number of hydrogen-bond acceptors (Lipinski definition) is 7. The van der Waals surface area contributed by atoms with Crippen LogP contribution in [0.3, 0.4) is 0 Å². The van der Waals surface area contributed by atoms with Gasteiger partial charge in [-0.1, -0.05) is 11.2 Å². The summed E-state index contributed by atoms with van der Waals surface area (Å²) in [6.45, 7) is 1.49. The number of nitrogens with one attached hydrogen (secondary N) is 2. The Kier molecular flexibility index (Phi) is 4.93. The zero-order valence-electron chi connectivity index (χ0n) is 13.9. The fourth-order valence-electron chi connectivity index (χ4n) is 2.68. The van der Waals surface area contributed by atoms with Gasteiger partial charge in [0.2, 0.25) is 0 Å². The molecule has 9 nitrogen and oxygen atoms in total. The summed E-state index contributed by atoms with van der Waals surface area (Å²) in [5, 5.41) is 15.6. The molecule has 1 aliphatic rings. The molecular formula is C16H18N6O3S. The Morgan fingerprint density at radius 3 is 3.19 bits per heavy atom. The number of rotatable bonds is 6. The molecule has 3 aromatic heterocycles. The van der Waals surface area contributed by atoms with Crippen molar-refractivity contribution in [1.29, 1.82) is 0 Å². The van der Waals surface area contributed by atoms with E-state index in [0.717, 1.165) is 17.7 Å². The number of hydrogen-bond donors (Lipinski definition) is 2. The number of ether oxygens (including phenoxy) is 1. The van der Waals surface area contributed by atoms with E-state index >= 15 is 0 Å². The summed E-state index contributed by atoms with van der Waals surface area (Å²) in [6.07, 6.45) is 3.39. The predicted octanol–water partition coefficient (Wildman–Crippen LogP) is 2.55. The second-order valence-electron chi connectivity index (χ2n) is 5.81. The van der Waals surface area contributed by atoms with Gasteiger partial charge in [-0.2, -0.15) is 10.1 Å². The van der Waals surface area contributed by atoms with Gasteiger partial charge < -0.3 is 14.6 Å². The van der Waals surface area contributed by atoms with Crippen molar-refractivity contribution in [2.75, 3.05) is 11.9 Å². The molecule has 4 rings (SSSR count). The molecule has 2 amide bonds. The monoisotopic (exact) mass is 374 g/mol. The minimum atomic E-state index is -0.360. The van der Waals surface area contributed by atoms with Gasteiger partial charge in [-0.3, -0.25) is 5.32 Å². The molecule has 1 saturated heterocycles. The molecule has 0 bridgehead atoms. The Labute approximate surface area is 153 Å². The molecule has 0 radical (unpaired) electrons. The Hall–Kier alpha value is -2.72. The van der Waals surface area contributed by atoms with Crippen molar-refractivity contribution >= 4 is 23.2 Å². The molecule has 3 aromatic rings. The van der Waals surface area contributed by atoms with Crippen LogP contribution in [0.25, 0.3) is 0 Å². The van der Waals surface area contributed by atoms with Gasteiger partial charge in [0.05, 0.1) is 19.3 Å². The van der Waals surface area contributed by atoms with E-state index in [1.165, 1.54) is 0 Å². The van der Waals surface area contributed by atoms with Crippen molar-refractivity contribution in [1.82, 2.24) is 25.2 Å². The van der Waals surface area contributed by atoms with Crippen LogP contribution < -0.4 is 10.6 Å². The van der Waals surface area contributed by atoms with Crippen LogP contribution in [0.4, 0.5) is 10.6 Å². The first kappa shape index (κ1) is 16.7. The Bertz CT molecular complexity index is 853. The fraction of sp³-hybridized carbons (Fsp3) is 0.375. The summed E-state index contributed by atoms with van der Waals surface area (Å²) in [5.74, 6) is 1.50. The SMILES string of the molecule is O=C(NCc1noc([C@H]2CCCO2)n1)Nc1ccnn1Cc1cccs1. The van der Waals surface area contributed by atoms with Crippen LogP contribution in [0.1, 0.15) is 35.5 Å². The summed E-state index contributed by atoms with van der Waals surface area (Å²) in [6, 6.07) is 5.40. The lowest BCUT2D eigenvalue weighted by Gasteiger charge is -2.08. The average molecular weight is 374 g/mol. The smallest absolute Gasteiger partial charge is 0.320 e. The second-order valence-corrected chi connectivity index (χ2v) is 6.84. The first-order valence-corrected chi connectivity index (χ1v) is 9.19. The normalized spacial score (nSPS) is 16.7. The molecule has 136 valence electrons. The quantitative estimate of drug-likeness (QED) is 0.687. The Morgan fingerprint density at radius 1 is 1.42 bits per heavy atom. The zero-order chi connectivity index (χ0) is 17.8. The van der Waals surface area contributed by atoms with E-state index in [4.69, 9.17) is 9.26 Å². The van der Waals surface area contributed by atoms with Crippen molar-refractivity contribution in [3.63, 3.8) is 0 Å². The van der Waals surface area contributed by atoms with Gasteiger partial charge in [0, 0.05) is 17.6 Å². The fourth-order valence-corrected chi connectivity index (χ4v) is 3.36.